The van der Waals surface area contributed by atoms with Gasteiger partial charge in [0.2, 0.25) is 0 Å². The number of rotatable bonds is 3. The van der Waals surface area contributed by atoms with Crippen LogP contribution in [0.25, 0.3) is 0 Å². The molecule has 0 saturated heterocycles. The van der Waals surface area contributed by atoms with E-state index in [1.165, 1.54) is 24.1 Å². The van der Waals surface area contributed by atoms with E-state index in [-0.39, 0.29) is 5.69 Å². The number of alkyl halides is 3. The Morgan fingerprint density at radius 3 is 2.60 bits per heavy atom. The van der Waals surface area contributed by atoms with Gasteiger partial charge in [-0.25, -0.2) is 4.98 Å². The van der Waals surface area contributed by atoms with E-state index < -0.39 is 24.5 Å². The summed E-state index contributed by atoms with van der Waals surface area (Å²) in [6, 6.07) is 0. The van der Waals surface area contributed by atoms with Crippen LogP contribution in [-0.4, -0.2) is 26.8 Å². The molecule has 0 saturated carbocycles. The van der Waals surface area contributed by atoms with E-state index in [2.05, 4.69) is 4.98 Å². The lowest BCUT2D eigenvalue weighted by atomic mass is 10.0. The second kappa shape index (κ2) is 3.92. The second-order valence-corrected chi connectivity index (χ2v) is 3.16. The highest BCUT2D eigenvalue weighted by Crippen LogP contribution is 2.36. The minimum Gasteiger partial charge on any atom is -0.481 e. The number of aliphatic carboxylic acids is 1. The molecular weight excluding hydrogens is 213 g/mol. The Kier molecular flexibility index (Phi) is 3.01. The van der Waals surface area contributed by atoms with Crippen LogP contribution in [-0.2, 0) is 11.8 Å². The van der Waals surface area contributed by atoms with Gasteiger partial charge in [0.25, 0.3) is 0 Å². The number of aromatic nitrogens is 2. The summed E-state index contributed by atoms with van der Waals surface area (Å²) < 4.78 is 38.7. The predicted octanol–water partition coefficient (Wildman–Crippen LogP) is 1.54. The van der Waals surface area contributed by atoms with Gasteiger partial charge in [0.1, 0.15) is 5.92 Å². The Morgan fingerprint density at radius 1 is 1.67 bits per heavy atom. The summed E-state index contributed by atoms with van der Waals surface area (Å²) in [4.78, 5) is 13.8. The first-order valence-electron chi connectivity index (χ1n) is 4.07. The molecule has 4 nitrogen and oxygen atoms in total. The fourth-order valence-corrected chi connectivity index (χ4v) is 1.18. The standard InChI is InChI=1S/C8H9F3N2O2/c1-13-3-6(12-4-13)5(2-7(14)15)8(9,10)11/h3-5H,2H2,1H3,(H,14,15). The molecule has 0 fully saturated rings. The van der Waals surface area contributed by atoms with Crippen molar-refractivity contribution in [2.45, 2.75) is 18.5 Å². The van der Waals surface area contributed by atoms with Crippen LogP contribution in [0.15, 0.2) is 12.5 Å². The normalized spacial score (nSPS) is 13.9. The fourth-order valence-electron chi connectivity index (χ4n) is 1.18. The van der Waals surface area contributed by atoms with Crippen molar-refractivity contribution in [1.29, 1.82) is 0 Å². The van der Waals surface area contributed by atoms with Gasteiger partial charge in [-0.3, -0.25) is 4.79 Å². The molecule has 0 aliphatic heterocycles. The van der Waals surface area contributed by atoms with Crippen molar-refractivity contribution in [1.82, 2.24) is 9.55 Å². The van der Waals surface area contributed by atoms with E-state index in [0.29, 0.717) is 0 Å². The summed E-state index contributed by atoms with van der Waals surface area (Å²) >= 11 is 0. The van der Waals surface area contributed by atoms with Gasteiger partial charge in [0, 0.05) is 13.2 Å². The maximum Gasteiger partial charge on any atom is 0.397 e. The lowest BCUT2D eigenvalue weighted by molar-refractivity contribution is -0.163. The van der Waals surface area contributed by atoms with Crippen LogP contribution >= 0.6 is 0 Å². The summed E-state index contributed by atoms with van der Waals surface area (Å²) in [5, 5.41) is 8.38. The number of nitrogens with zero attached hydrogens (tertiary/aromatic N) is 2. The second-order valence-electron chi connectivity index (χ2n) is 3.16. The fraction of sp³-hybridized carbons (Fsp3) is 0.500. The Balaban J connectivity index is 2.96. The third-order valence-corrected chi connectivity index (χ3v) is 1.86. The first-order chi connectivity index (χ1) is 6.80. The van der Waals surface area contributed by atoms with Crippen molar-refractivity contribution in [3.8, 4) is 0 Å². The molecule has 84 valence electrons. The van der Waals surface area contributed by atoms with Crippen LogP contribution in [0.5, 0.6) is 0 Å². The van der Waals surface area contributed by atoms with Crippen LogP contribution in [0.4, 0.5) is 13.2 Å². The number of carbonyl (C=O) groups is 1. The summed E-state index contributed by atoms with van der Waals surface area (Å²) in [6.07, 6.45) is -3.22. The summed E-state index contributed by atoms with van der Waals surface area (Å²) in [7, 11) is 1.52. The predicted molar refractivity (Wildman–Crippen MR) is 44.3 cm³/mol. The number of carboxylic acid groups (broad SMARTS) is 1. The van der Waals surface area contributed by atoms with Crippen molar-refractivity contribution in [2.24, 2.45) is 7.05 Å². The van der Waals surface area contributed by atoms with E-state index >= 15 is 0 Å². The molecule has 0 aliphatic rings. The monoisotopic (exact) mass is 222 g/mol. The molecule has 1 N–H and O–H groups in total. The molecule has 0 amide bonds. The third kappa shape index (κ3) is 2.97. The average Bonchev–Trinajstić information content (AvgIpc) is 2.45. The van der Waals surface area contributed by atoms with Gasteiger partial charge in [0.15, 0.2) is 0 Å². The van der Waals surface area contributed by atoms with Crippen LogP contribution in [0.2, 0.25) is 0 Å². The van der Waals surface area contributed by atoms with Crippen molar-refractivity contribution in [3.05, 3.63) is 18.2 Å². The minimum absolute atomic E-state index is 0.271. The maximum absolute atomic E-state index is 12.5. The lowest BCUT2D eigenvalue weighted by Gasteiger charge is -2.15. The molecule has 0 aromatic carbocycles. The van der Waals surface area contributed by atoms with Gasteiger partial charge in [0.05, 0.1) is 18.4 Å². The largest absolute Gasteiger partial charge is 0.481 e. The molecule has 1 aromatic rings. The number of halogens is 3. The molecule has 0 spiro atoms. The molecule has 1 heterocycles. The Hall–Kier alpha value is -1.53. The van der Waals surface area contributed by atoms with Gasteiger partial charge in [-0.2, -0.15) is 13.2 Å². The third-order valence-electron chi connectivity index (χ3n) is 1.86. The minimum atomic E-state index is -4.59. The smallest absolute Gasteiger partial charge is 0.397 e. The molecule has 1 rings (SSSR count). The highest BCUT2D eigenvalue weighted by Gasteiger charge is 2.43. The van der Waals surface area contributed by atoms with Crippen LogP contribution in [0.1, 0.15) is 18.0 Å². The highest BCUT2D eigenvalue weighted by atomic mass is 19.4. The molecule has 1 atom stereocenters. The zero-order valence-corrected chi connectivity index (χ0v) is 7.82. The number of aryl methyl sites for hydroxylation is 1. The van der Waals surface area contributed by atoms with Crippen LogP contribution in [0.3, 0.4) is 0 Å². The topological polar surface area (TPSA) is 55.1 Å². The first kappa shape index (κ1) is 11.5. The number of imidazole rings is 1. The van der Waals surface area contributed by atoms with Crippen molar-refractivity contribution < 1.29 is 23.1 Å². The summed E-state index contributed by atoms with van der Waals surface area (Å²) in [6.45, 7) is 0. The highest BCUT2D eigenvalue weighted by molar-refractivity contribution is 5.68. The molecule has 0 aliphatic carbocycles. The maximum atomic E-state index is 12.5. The summed E-state index contributed by atoms with van der Waals surface area (Å²) in [5.74, 6) is -3.54. The molecular formula is C8H9F3N2O2. The Labute approximate surface area is 83.3 Å². The first-order valence-corrected chi connectivity index (χ1v) is 4.07. The quantitative estimate of drug-likeness (QED) is 0.843. The van der Waals surface area contributed by atoms with Crippen LogP contribution in [0, 0.1) is 0 Å². The van der Waals surface area contributed by atoms with Gasteiger partial charge in [-0.1, -0.05) is 0 Å². The Bertz CT molecular complexity index is 359. The number of hydrogen-bond donors (Lipinski definition) is 1. The number of hydrogen-bond acceptors (Lipinski definition) is 2. The van der Waals surface area contributed by atoms with E-state index in [1.807, 2.05) is 0 Å². The zero-order valence-electron chi connectivity index (χ0n) is 7.82. The van der Waals surface area contributed by atoms with Gasteiger partial charge < -0.3 is 9.67 Å². The Morgan fingerprint density at radius 2 is 2.27 bits per heavy atom. The molecule has 7 heteroatoms. The van der Waals surface area contributed by atoms with E-state index in [0.717, 1.165) is 0 Å². The van der Waals surface area contributed by atoms with Crippen molar-refractivity contribution >= 4 is 5.97 Å². The van der Waals surface area contributed by atoms with E-state index in [1.54, 1.807) is 0 Å². The SMILES string of the molecule is Cn1cnc(C(CC(=O)O)C(F)(F)F)c1. The zero-order chi connectivity index (χ0) is 11.6. The molecule has 0 radical (unpaired) electrons. The van der Waals surface area contributed by atoms with Crippen LogP contribution < -0.4 is 0 Å². The van der Waals surface area contributed by atoms with E-state index in [4.69, 9.17) is 5.11 Å². The molecule has 1 unspecified atom stereocenters. The van der Waals surface area contributed by atoms with Gasteiger partial charge >= 0.3 is 12.1 Å². The number of carboxylic acids is 1. The van der Waals surface area contributed by atoms with Crippen molar-refractivity contribution in [2.75, 3.05) is 0 Å². The lowest BCUT2D eigenvalue weighted by Crippen LogP contribution is -2.23. The molecule has 15 heavy (non-hydrogen) atoms. The van der Waals surface area contributed by atoms with Gasteiger partial charge in [-0.05, 0) is 0 Å². The van der Waals surface area contributed by atoms with Crippen molar-refractivity contribution in [3.63, 3.8) is 0 Å². The van der Waals surface area contributed by atoms with Gasteiger partial charge in [-0.15, -0.1) is 0 Å². The molecule has 1 aromatic heterocycles. The summed E-state index contributed by atoms with van der Waals surface area (Å²) in [5.41, 5.74) is -0.271. The average molecular weight is 222 g/mol. The van der Waals surface area contributed by atoms with E-state index in [9.17, 15) is 18.0 Å². The molecule has 0 bridgehead atoms.